The van der Waals surface area contributed by atoms with E-state index in [9.17, 15) is 0 Å². The van der Waals surface area contributed by atoms with Gasteiger partial charge in [-0.3, -0.25) is 0 Å². The largest absolute Gasteiger partial charge is 0.348 e. The summed E-state index contributed by atoms with van der Waals surface area (Å²) in [6.45, 7) is 0. The van der Waals surface area contributed by atoms with Gasteiger partial charge in [0.1, 0.15) is 0 Å². The van der Waals surface area contributed by atoms with Crippen LogP contribution in [0.4, 0.5) is 0 Å². The second-order valence-corrected chi connectivity index (χ2v) is 4.89. The Kier molecular flexibility index (Phi) is 2.58. The maximum Gasteiger partial charge on any atom is 0.0980 e. The normalized spacial score (nSPS) is 10.6. The van der Waals surface area contributed by atoms with Gasteiger partial charge < -0.3 is 4.98 Å². The first-order valence-corrected chi connectivity index (χ1v) is 5.24. The van der Waals surface area contributed by atoms with Crippen LogP contribution in [-0.4, -0.2) is 9.97 Å². The molecule has 68 valence electrons. The number of halogens is 2. The third kappa shape index (κ3) is 2.05. The fourth-order valence-electron chi connectivity index (χ4n) is 1.08. The van der Waals surface area contributed by atoms with Crippen molar-refractivity contribution in [3.05, 3.63) is 38.5 Å². The van der Waals surface area contributed by atoms with Crippen LogP contribution in [-0.2, 0) is 6.42 Å². The lowest BCUT2D eigenvalue weighted by atomic mass is 10.2. The molecule has 2 rings (SSSR count). The van der Waals surface area contributed by atoms with Crippen LogP contribution in [0.2, 0.25) is 8.67 Å². The highest BCUT2D eigenvalue weighted by atomic mass is 35.5. The van der Waals surface area contributed by atoms with Crippen LogP contribution in [0.1, 0.15) is 11.3 Å². The number of hydrogen-bond donors (Lipinski definition) is 1. The molecule has 0 aliphatic carbocycles. The zero-order chi connectivity index (χ0) is 9.26. The molecule has 0 atom stereocenters. The van der Waals surface area contributed by atoms with Gasteiger partial charge in [-0.2, -0.15) is 0 Å². The Hall–Kier alpha value is -0.510. The van der Waals surface area contributed by atoms with Crippen molar-refractivity contribution in [3.63, 3.8) is 0 Å². The maximum absolute atomic E-state index is 5.96. The summed E-state index contributed by atoms with van der Waals surface area (Å²) in [5, 5.41) is 0. The van der Waals surface area contributed by atoms with E-state index in [1.807, 2.05) is 6.07 Å². The van der Waals surface area contributed by atoms with Crippen molar-refractivity contribution in [2.45, 2.75) is 6.42 Å². The highest BCUT2D eigenvalue weighted by Gasteiger charge is 2.06. The third-order valence-corrected chi connectivity index (χ3v) is 3.23. The molecule has 0 aromatic carbocycles. The van der Waals surface area contributed by atoms with E-state index in [1.54, 1.807) is 12.5 Å². The van der Waals surface area contributed by atoms with E-state index < -0.39 is 0 Å². The molecule has 0 unspecified atom stereocenters. The smallest absolute Gasteiger partial charge is 0.0980 e. The van der Waals surface area contributed by atoms with Gasteiger partial charge in [0, 0.05) is 18.3 Å². The van der Waals surface area contributed by atoms with E-state index in [-0.39, 0.29) is 0 Å². The Bertz CT molecular complexity index is 394. The molecule has 0 amide bonds. The number of rotatable bonds is 2. The Morgan fingerprint density at radius 3 is 2.85 bits per heavy atom. The molecule has 0 saturated carbocycles. The Morgan fingerprint density at radius 1 is 1.46 bits per heavy atom. The average molecular weight is 233 g/mol. The number of H-pyrrole nitrogens is 1. The molecule has 0 aliphatic rings. The van der Waals surface area contributed by atoms with E-state index in [2.05, 4.69) is 9.97 Å². The standard InChI is InChI=1S/C8H6Cl2N2S/c9-7-2-5(8(10)13-7)1-6-3-11-4-12-6/h2-4H,1H2,(H,11,12). The van der Waals surface area contributed by atoms with Crippen LogP contribution < -0.4 is 0 Å². The summed E-state index contributed by atoms with van der Waals surface area (Å²) in [6.07, 6.45) is 4.18. The SMILES string of the molecule is Clc1cc(Cc2cnc[nH]2)c(Cl)s1. The molecule has 0 saturated heterocycles. The minimum absolute atomic E-state index is 0.722. The van der Waals surface area contributed by atoms with Crippen LogP contribution in [0.5, 0.6) is 0 Å². The highest BCUT2D eigenvalue weighted by Crippen LogP contribution is 2.32. The van der Waals surface area contributed by atoms with Crippen molar-refractivity contribution in [3.8, 4) is 0 Å². The molecule has 2 heterocycles. The highest BCUT2D eigenvalue weighted by molar-refractivity contribution is 7.20. The fraction of sp³-hybridized carbons (Fsp3) is 0.125. The third-order valence-electron chi connectivity index (χ3n) is 1.66. The van der Waals surface area contributed by atoms with Crippen LogP contribution in [0, 0.1) is 0 Å². The summed E-state index contributed by atoms with van der Waals surface area (Å²) in [5.41, 5.74) is 2.08. The lowest BCUT2D eigenvalue weighted by Gasteiger charge is -1.93. The van der Waals surface area contributed by atoms with Crippen LogP contribution in [0.15, 0.2) is 18.6 Å². The Morgan fingerprint density at radius 2 is 2.31 bits per heavy atom. The number of imidazole rings is 1. The summed E-state index contributed by atoms with van der Waals surface area (Å²) in [5.74, 6) is 0. The monoisotopic (exact) mass is 232 g/mol. The molecule has 2 aromatic heterocycles. The first kappa shape index (κ1) is 9.06. The number of hydrogen-bond acceptors (Lipinski definition) is 2. The van der Waals surface area contributed by atoms with E-state index in [1.165, 1.54) is 11.3 Å². The molecule has 0 aliphatic heterocycles. The van der Waals surface area contributed by atoms with Crippen LogP contribution in [0.3, 0.4) is 0 Å². The molecule has 0 spiro atoms. The van der Waals surface area contributed by atoms with Gasteiger partial charge in [-0.05, 0) is 11.6 Å². The summed E-state index contributed by atoms with van der Waals surface area (Å²) in [7, 11) is 0. The second-order valence-electron chi connectivity index (χ2n) is 2.60. The number of thiophene rings is 1. The predicted molar refractivity (Wildman–Crippen MR) is 55.7 cm³/mol. The van der Waals surface area contributed by atoms with Gasteiger partial charge in [0.05, 0.1) is 15.0 Å². The minimum atomic E-state index is 0.722. The van der Waals surface area contributed by atoms with Crippen LogP contribution >= 0.6 is 34.5 Å². The van der Waals surface area contributed by atoms with E-state index in [0.29, 0.717) is 0 Å². The predicted octanol–water partition coefficient (Wildman–Crippen LogP) is 3.37. The van der Waals surface area contributed by atoms with E-state index >= 15 is 0 Å². The van der Waals surface area contributed by atoms with Gasteiger partial charge in [-0.25, -0.2) is 4.98 Å². The first-order chi connectivity index (χ1) is 6.25. The molecule has 13 heavy (non-hydrogen) atoms. The zero-order valence-electron chi connectivity index (χ0n) is 6.55. The zero-order valence-corrected chi connectivity index (χ0v) is 8.88. The lowest BCUT2D eigenvalue weighted by Crippen LogP contribution is -1.85. The Labute approximate surface area is 89.5 Å². The van der Waals surface area contributed by atoms with Gasteiger partial charge in [0.15, 0.2) is 0 Å². The minimum Gasteiger partial charge on any atom is -0.348 e. The summed E-state index contributed by atoms with van der Waals surface area (Å²) in [6, 6.07) is 1.88. The van der Waals surface area contributed by atoms with Gasteiger partial charge in [0.25, 0.3) is 0 Å². The Balaban J connectivity index is 2.23. The van der Waals surface area contributed by atoms with E-state index in [0.717, 1.165) is 26.4 Å². The van der Waals surface area contributed by atoms with Crippen molar-refractivity contribution in [2.75, 3.05) is 0 Å². The molecule has 0 bridgehead atoms. The van der Waals surface area contributed by atoms with Crippen molar-refractivity contribution >= 4 is 34.5 Å². The van der Waals surface area contributed by atoms with Gasteiger partial charge in [0.2, 0.25) is 0 Å². The summed E-state index contributed by atoms with van der Waals surface area (Å²) >= 11 is 13.2. The van der Waals surface area contributed by atoms with Crippen molar-refractivity contribution in [1.29, 1.82) is 0 Å². The van der Waals surface area contributed by atoms with Crippen molar-refractivity contribution in [2.24, 2.45) is 0 Å². The molecule has 0 fully saturated rings. The topological polar surface area (TPSA) is 28.7 Å². The average Bonchev–Trinajstić information content (AvgIpc) is 2.63. The van der Waals surface area contributed by atoms with E-state index in [4.69, 9.17) is 23.2 Å². The van der Waals surface area contributed by atoms with Crippen molar-refractivity contribution in [1.82, 2.24) is 9.97 Å². The summed E-state index contributed by atoms with van der Waals surface area (Å²) in [4.78, 5) is 6.94. The summed E-state index contributed by atoms with van der Waals surface area (Å²) < 4.78 is 1.47. The molecular weight excluding hydrogens is 227 g/mol. The maximum atomic E-state index is 5.96. The van der Waals surface area contributed by atoms with Crippen molar-refractivity contribution < 1.29 is 0 Å². The molecule has 2 aromatic rings. The molecule has 1 N–H and O–H groups in total. The second kappa shape index (κ2) is 3.70. The first-order valence-electron chi connectivity index (χ1n) is 3.66. The number of nitrogens with zero attached hydrogens (tertiary/aromatic N) is 1. The fourth-order valence-corrected chi connectivity index (χ4v) is 2.57. The quantitative estimate of drug-likeness (QED) is 0.846. The lowest BCUT2D eigenvalue weighted by molar-refractivity contribution is 1.12. The van der Waals surface area contributed by atoms with Gasteiger partial charge in [-0.1, -0.05) is 23.2 Å². The molecule has 0 radical (unpaired) electrons. The van der Waals surface area contributed by atoms with Gasteiger partial charge in [-0.15, -0.1) is 11.3 Å². The molecule has 2 nitrogen and oxygen atoms in total. The number of aromatic nitrogens is 2. The molecular formula is C8H6Cl2N2S. The van der Waals surface area contributed by atoms with Crippen LogP contribution in [0.25, 0.3) is 0 Å². The number of nitrogens with one attached hydrogen (secondary N) is 1. The van der Waals surface area contributed by atoms with Gasteiger partial charge >= 0.3 is 0 Å². The number of aromatic amines is 1. The molecule has 5 heteroatoms.